The van der Waals surface area contributed by atoms with Gasteiger partial charge in [-0.25, -0.2) is 13.2 Å². The molecule has 7 nitrogen and oxygen atoms in total. The highest BCUT2D eigenvalue weighted by Crippen LogP contribution is 2.24. The highest BCUT2D eigenvalue weighted by atomic mass is 32.2. The van der Waals surface area contributed by atoms with Gasteiger partial charge in [-0.2, -0.15) is 0 Å². The lowest BCUT2D eigenvalue weighted by Crippen LogP contribution is -2.45. The fourth-order valence-corrected chi connectivity index (χ4v) is 4.95. The van der Waals surface area contributed by atoms with E-state index >= 15 is 0 Å². The Morgan fingerprint density at radius 3 is 2.78 bits per heavy atom. The first-order valence-electron chi connectivity index (χ1n) is 8.06. The average molecular weight is 341 g/mol. The molecule has 0 unspecified atom stereocenters. The summed E-state index contributed by atoms with van der Waals surface area (Å²) in [5.74, 6) is 1.03. The van der Waals surface area contributed by atoms with Gasteiger partial charge in [-0.05, 0) is 44.5 Å². The smallest absolute Gasteiger partial charge is 0.315 e. The van der Waals surface area contributed by atoms with Gasteiger partial charge in [-0.15, -0.1) is 0 Å². The molecule has 2 aliphatic heterocycles. The quantitative estimate of drug-likeness (QED) is 0.830. The molecule has 128 valence electrons. The van der Waals surface area contributed by atoms with Crippen molar-refractivity contribution < 1.29 is 17.6 Å². The lowest BCUT2D eigenvalue weighted by molar-refractivity contribution is 0.202. The van der Waals surface area contributed by atoms with Crippen molar-refractivity contribution in [2.75, 3.05) is 31.1 Å². The largest absolute Gasteiger partial charge is 0.468 e. The van der Waals surface area contributed by atoms with Crippen LogP contribution in [-0.2, 0) is 9.84 Å². The normalized spacial score (nSPS) is 25.3. The van der Waals surface area contributed by atoms with Gasteiger partial charge in [0.2, 0.25) is 0 Å². The van der Waals surface area contributed by atoms with Crippen LogP contribution in [0.5, 0.6) is 0 Å². The molecule has 0 aliphatic carbocycles. The zero-order chi connectivity index (χ0) is 16.3. The van der Waals surface area contributed by atoms with Gasteiger partial charge >= 0.3 is 6.03 Å². The van der Waals surface area contributed by atoms with Crippen LogP contribution in [0.15, 0.2) is 22.8 Å². The number of rotatable bonds is 5. The van der Waals surface area contributed by atoms with Crippen LogP contribution in [0, 0.1) is 0 Å². The van der Waals surface area contributed by atoms with E-state index in [1.54, 1.807) is 6.26 Å². The number of carbonyl (C=O) groups is 1. The minimum atomic E-state index is -2.99. The van der Waals surface area contributed by atoms with Gasteiger partial charge in [0.1, 0.15) is 5.76 Å². The summed E-state index contributed by atoms with van der Waals surface area (Å²) in [6.07, 6.45) is 4.44. The monoisotopic (exact) mass is 341 g/mol. The number of hydrogen-bond donors (Lipinski definition) is 2. The second kappa shape index (κ2) is 6.92. The molecular formula is C15H23N3O4S. The Balaban J connectivity index is 1.53. The van der Waals surface area contributed by atoms with E-state index in [-0.39, 0.29) is 29.6 Å². The van der Waals surface area contributed by atoms with Gasteiger partial charge in [0.05, 0.1) is 23.8 Å². The van der Waals surface area contributed by atoms with E-state index in [0.717, 1.165) is 31.7 Å². The molecule has 2 atom stereocenters. The molecule has 0 spiro atoms. The Kier molecular flexibility index (Phi) is 4.91. The number of nitrogens with one attached hydrogen (secondary N) is 2. The molecule has 2 N–H and O–H groups in total. The van der Waals surface area contributed by atoms with Crippen LogP contribution >= 0.6 is 0 Å². The van der Waals surface area contributed by atoms with E-state index in [9.17, 15) is 13.2 Å². The summed E-state index contributed by atoms with van der Waals surface area (Å²) in [7, 11) is -2.99. The van der Waals surface area contributed by atoms with E-state index in [1.165, 1.54) is 0 Å². The van der Waals surface area contributed by atoms with Crippen LogP contribution in [0.2, 0.25) is 0 Å². The first-order chi connectivity index (χ1) is 11.0. The van der Waals surface area contributed by atoms with Gasteiger partial charge in [0.15, 0.2) is 9.84 Å². The second-order valence-corrected chi connectivity index (χ2v) is 8.46. The van der Waals surface area contributed by atoms with Crippen molar-refractivity contribution in [3.05, 3.63) is 24.2 Å². The Labute approximate surface area is 136 Å². The standard InChI is InChI=1S/C15H23N3O4S/c19-15(17-12-5-9-23(20,21)11-12)16-10-13(14-4-3-8-22-14)18-6-1-2-7-18/h3-4,8,12-13H,1-2,5-7,9-11H2,(H2,16,17,19)/t12-,13-/m1/s1. The fraction of sp³-hybridized carbons (Fsp3) is 0.667. The zero-order valence-electron chi connectivity index (χ0n) is 13.0. The van der Waals surface area contributed by atoms with Crippen molar-refractivity contribution in [2.24, 2.45) is 0 Å². The van der Waals surface area contributed by atoms with E-state index in [1.807, 2.05) is 12.1 Å². The summed E-state index contributed by atoms with van der Waals surface area (Å²) in [6.45, 7) is 2.43. The SMILES string of the molecule is O=C(NC[C@H](c1ccco1)N1CCCC1)N[C@@H]1CCS(=O)(=O)C1. The van der Waals surface area contributed by atoms with Crippen molar-refractivity contribution in [2.45, 2.75) is 31.3 Å². The van der Waals surface area contributed by atoms with Crippen molar-refractivity contribution in [1.29, 1.82) is 0 Å². The van der Waals surface area contributed by atoms with Crippen molar-refractivity contribution >= 4 is 15.9 Å². The summed E-state index contributed by atoms with van der Waals surface area (Å²) >= 11 is 0. The minimum Gasteiger partial charge on any atom is -0.468 e. The molecule has 0 bridgehead atoms. The van der Waals surface area contributed by atoms with Gasteiger partial charge < -0.3 is 15.1 Å². The molecule has 0 aromatic carbocycles. The first-order valence-corrected chi connectivity index (χ1v) is 9.88. The molecule has 0 radical (unpaired) electrons. The molecule has 8 heteroatoms. The highest BCUT2D eigenvalue weighted by Gasteiger charge is 2.30. The molecule has 0 saturated carbocycles. The number of amides is 2. The number of sulfone groups is 1. The molecule has 2 amide bonds. The van der Waals surface area contributed by atoms with E-state index in [0.29, 0.717) is 13.0 Å². The Bertz CT molecular complexity index is 623. The molecule has 2 saturated heterocycles. The maximum atomic E-state index is 12.0. The van der Waals surface area contributed by atoms with Crippen molar-refractivity contribution in [1.82, 2.24) is 15.5 Å². The highest BCUT2D eigenvalue weighted by molar-refractivity contribution is 7.91. The molecule has 1 aromatic rings. The average Bonchev–Trinajstić information content (AvgIpc) is 3.22. The molecule has 3 rings (SSSR count). The van der Waals surface area contributed by atoms with Crippen molar-refractivity contribution in [3.8, 4) is 0 Å². The summed E-state index contributed by atoms with van der Waals surface area (Å²) in [5, 5.41) is 5.60. The van der Waals surface area contributed by atoms with Crippen LogP contribution in [0.1, 0.15) is 31.1 Å². The summed E-state index contributed by atoms with van der Waals surface area (Å²) in [5.41, 5.74) is 0. The Morgan fingerprint density at radius 1 is 1.39 bits per heavy atom. The number of likely N-dealkylation sites (tertiary alicyclic amines) is 1. The second-order valence-electron chi connectivity index (χ2n) is 6.23. The van der Waals surface area contributed by atoms with E-state index < -0.39 is 9.84 Å². The van der Waals surface area contributed by atoms with E-state index in [2.05, 4.69) is 15.5 Å². The number of hydrogen-bond acceptors (Lipinski definition) is 5. The molecule has 2 aliphatic rings. The number of urea groups is 1. The third kappa shape index (κ3) is 4.26. The van der Waals surface area contributed by atoms with Crippen molar-refractivity contribution in [3.63, 3.8) is 0 Å². The lowest BCUT2D eigenvalue weighted by Gasteiger charge is -2.26. The summed E-state index contributed by atoms with van der Waals surface area (Å²) < 4.78 is 28.4. The van der Waals surface area contributed by atoms with Crippen LogP contribution in [0.4, 0.5) is 4.79 Å². The third-order valence-corrected chi connectivity index (χ3v) is 6.24. The van der Waals surface area contributed by atoms with Gasteiger partial charge in [0.25, 0.3) is 0 Å². The number of nitrogens with zero attached hydrogens (tertiary/aromatic N) is 1. The number of carbonyl (C=O) groups excluding carboxylic acids is 1. The lowest BCUT2D eigenvalue weighted by atomic mass is 10.2. The summed E-state index contributed by atoms with van der Waals surface area (Å²) in [4.78, 5) is 14.3. The van der Waals surface area contributed by atoms with Gasteiger partial charge in [-0.3, -0.25) is 4.90 Å². The fourth-order valence-electron chi connectivity index (χ4n) is 3.28. The maximum Gasteiger partial charge on any atom is 0.315 e. The van der Waals surface area contributed by atoms with Crippen LogP contribution < -0.4 is 10.6 Å². The molecule has 1 aromatic heterocycles. The topological polar surface area (TPSA) is 91.7 Å². The van der Waals surface area contributed by atoms with Crippen LogP contribution in [0.25, 0.3) is 0 Å². The molecule has 23 heavy (non-hydrogen) atoms. The Morgan fingerprint density at radius 2 is 2.17 bits per heavy atom. The number of furan rings is 1. The molecular weight excluding hydrogens is 318 g/mol. The van der Waals surface area contributed by atoms with Gasteiger partial charge in [0, 0.05) is 12.6 Å². The van der Waals surface area contributed by atoms with E-state index in [4.69, 9.17) is 4.42 Å². The zero-order valence-corrected chi connectivity index (χ0v) is 13.8. The molecule has 2 fully saturated rings. The predicted molar refractivity (Wildman–Crippen MR) is 85.8 cm³/mol. The maximum absolute atomic E-state index is 12.0. The van der Waals surface area contributed by atoms with Crippen LogP contribution in [-0.4, -0.2) is 56.5 Å². The first kappa shape index (κ1) is 16.3. The predicted octanol–water partition coefficient (Wildman–Crippen LogP) is 0.903. The Hall–Kier alpha value is -1.54. The molecule has 3 heterocycles. The third-order valence-electron chi connectivity index (χ3n) is 4.48. The van der Waals surface area contributed by atoms with Gasteiger partial charge in [-0.1, -0.05) is 0 Å². The summed E-state index contributed by atoms with van der Waals surface area (Å²) in [6, 6.07) is 3.19. The minimum absolute atomic E-state index is 0.0190. The van der Waals surface area contributed by atoms with Crippen LogP contribution in [0.3, 0.4) is 0 Å².